The number of rotatable bonds is 7. The van der Waals surface area contributed by atoms with Gasteiger partial charge in [-0.15, -0.1) is 0 Å². The number of anilines is 1. The molecular formula is C19H21IN2O3S. The van der Waals surface area contributed by atoms with Gasteiger partial charge in [0, 0.05) is 27.5 Å². The Morgan fingerprint density at radius 1 is 1.19 bits per heavy atom. The highest BCUT2D eigenvalue weighted by Crippen LogP contribution is 2.17. The van der Waals surface area contributed by atoms with Gasteiger partial charge in [-0.3, -0.25) is 10.1 Å². The Kier molecular flexibility index (Phi) is 8.27. The molecule has 0 unspecified atom stereocenters. The summed E-state index contributed by atoms with van der Waals surface area (Å²) < 4.78 is 11.9. The van der Waals surface area contributed by atoms with Crippen molar-refractivity contribution < 1.29 is 14.3 Å². The largest absolute Gasteiger partial charge is 0.491 e. The highest BCUT2D eigenvalue weighted by Gasteiger charge is 2.09. The van der Waals surface area contributed by atoms with Crippen LogP contribution >= 0.6 is 34.8 Å². The Morgan fingerprint density at radius 3 is 2.73 bits per heavy atom. The SMILES string of the molecule is CCOCCOc1cccc(NC(=S)NC(=O)c2ccc(C)c(I)c2)c1. The summed E-state index contributed by atoms with van der Waals surface area (Å²) in [6.45, 7) is 5.62. The third-order valence-corrected chi connectivity index (χ3v) is 4.82. The Labute approximate surface area is 172 Å². The third-order valence-electron chi connectivity index (χ3n) is 3.45. The number of halogens is 1. The lowest BCUT2D eigenvalue weighted by molar-refractivity contribution is 0.0977. The van der Waals surface area contributed by atoms with Gasteiger partial charge in [0.15, 0.2) is 5.11 Å². The topological polar surface area (TPSA) is 59.6 Å². The average Bonchev–Trinajstić information content (AvgIpc) is 2.61. The van der Waals surface area contributed by atoms with Gasteiger partial charge in [-0.25, -0.2) is 0 Å². The minimum absolute atomic E-state index is 0.233. The van der Waals surface area contributed by atoms with E-state index >= 15 is 0 Å². The minimum atomic E-state index is -0.246. The first-order chi connectivity index (χ1) is 12.5. The molecule has 0 aliphatic heterocycles. The van der Waals surface area contributed by atoms with E-state index in [0.717, 1.165) is 14.8 Å². The predicted molar refractivity (Wildman–Crippen MR) is 116 cm³/mol. The monoisotopic (exact) mass is 484 g/mol. The highest BCUT2D eigenvalue weighted by molar-refractivity contribution is 14.1. The number of carbonyl (C=O) groups is 1. The van der Waals surface area contributed by atoms with Gasteiger partial charge in [0.25, 0.3) is 5.91 Å². The van der Waals surface area contributed by atoms with Crippen LogP contribution in [0.1, 0.15) is 22.8 Å². The summed E-state index contributed by atoms with van der Waals surface area (Å²) in [5.74, 6) is 0.460. The lowest BCUT2D eigenvalue weighted by atomic mass is 10.1. The van der Waals surface area contributed by atoms with Gasteiger partial charge >= 0.3 is 0 Å². The van der Waals surface area contributed by atoms with E-state index < -0.39 is 0 Å². The molecule has 7 heteroatoms. The fourth-order valence-corrected chi connectivity index (χ4v) is 2.82. The van der Waals surface area contributed by atoms with Gasteiger partial charge in [0.05, 0.1) is 6.61 Å². The maximum Gasteiger partial charge on any atom is 0.257 e. The van der Waals surface area contributed by atoms with Crippen molar-refractivity contribution in [1.82, 2.24) is 5.32 Å². The Hall–Kier alpha value is -1.71. The molecule has 26 heavy (non-hydrogen) atoms. The molecule has 138 valence electrons. The molecule has 2 aromatic carbocycles. The smallest absolute Gasteiger partial charge is 0.257 e. The number of thiocarbonyl (C=S) groups is 1. The standard InChI is InChI=1S/C19H21IN2O3S/c1-3-24-9-10-25-16-6-4-5-15(12-16)21-19(26)22-18(23)14-8-7-13(2)17(20)11-14/h4-8,11-12H,3,9-10H2,1-2H3,(H2,21,22,23,26). The quantitative estimate of drug-likeness (QED) is 0.352. The second-order valence-corrected chi connectivity index (χ2v) is 7.02. The van der Waals surface area contributed by atoms with E-state index in [0.29, 0.717) is 31.1 Å². The van der Waals surface area contributed by atoms with Crippen LogP contribution in [0.4, 0.5) is 5.69 Å². The summed E-state index contributed by atoms with van der Waals surface area (Å²) in [4.78, 5) is 12.3. The first-order valence-corrected chi connectivity index (χ1v) is 9.67. The molecule has 2 aromatic rings. The Balaban J connectivity index is 1.90. The second kappa shape index (κ2) is 10.4. The zero-order valence-electron chi connectivity index (χ0n) is 14.7. The van der Waals surface area contributed by atoms with Crippen LogP contribution in [-0.4, -0.2) is 30.8 Å². The number of ether oxygens (including phenoxy) is 2. The summed E-state index contributed by atoms with van der Waals surface area (Å²) in [6, 6.07) is 12.9. The lowest BCUT2D eigenvalue weighted by Gasteiger charge is -2.12. The maximum absolute atomic E-state index is 12.3. The van der Waals surface area contributed by atoms with Gasteiger partial charge in [0.1, 0.15) is 12.4 Å². The van der Waals surface area contributed by atoms with Crippen molar-refractivity contribution in [1.29, 1.82) is 0 Å². The van der Waals surface area contributed by atoms with E-state index in [4.69, 9.17) is 21.7 Å². The molecule has 0 aliphatic carbocycles. The first-order valence-electron chi connectivity index (χ1n) is 8.18. The average molecular weight is 484 g/mol. The summed E-state index contributed by atoms with van der Waals surface area (Å²) in [5.41, 5.74) is 2.43. The molecule has 2 N–H and O–H groups in total. The van der Waals surface area contributed by atoms with Crippen molar-refractivity contribution in [3.63, 3.8) is 0 Å². The first kappa shape index (κ1) is 20.6. The Morgan fingerprint density at radius 2 is 2.00 bits per heavy atom. The maximum atomic E-state index is 12.3. The number of benzene rings is 2. The van der Waals surface area contributed by atoms with Gasteiger partial charge in [-0.05, 0) is 78.5 Å². The predicted octanol–water partition coefficient (Wildman–Crippen LogP) is 4.14. The molecule has 0 heterocycles. The molecule has 5 nitrogen and oxygen atoms in total. The fraction of sp³-hybridized carbons (Fsp3) is 0.263. The number of hydrogen-bond donors (Lipinski definition) is 2. The normalized spacial score (nSPS) is 10.3. The third kappa shape index (κ3) is 6.54. The molecule has 0 saturated heterocycles. The number of nitrogens with one attached hydrogen (secondary N) is 2. The zero-order valence-corrected chi connectivity index (χ0v) is 17.6. The minimum Gasteiger partial charge on any atom is -0.491 e. The molecule has 0 spiro atoms. The van der Waals surface area contributed by atoms with Crippen LogP contribution in [0.25, 0.3) is 0 Å². The molecule has 0 fully saturated rings. The van der Waals surface area contributed by atoms with Crippen LogP contribution in [0.5, 0.6) is 5.75 Å². The van der Waals surface area contributed by atoms with Crippen LogP contribution in [0.15, 0.2) is 42.5 Å². The molecule has 0 bridgehead atoms. The summed E-state index contributed by atoms with van der Waals surface area (Å²) in [6.07, 6.45) is 0. The van der Waals surface area contributed by atoms with Crippen molar-refractivity contribution >= 4 is 51.5 Å². The van der Waals surface area contributed by atoms with E-state index in [9.17, 15) is 4.79 Å². The molecule has 0 atom stereocenters. The number of aryl methyl sites for hydroxylation is 1. The van der Waals surface area contributed by atoms with E-state index in [2.05, 4.69) is 33.2 Å². The molecule has 0 saturated carbocycles. The van der Waals surface area contributed by atoms with Gasteiger partial charge < -0.3 is 14.8 Å². The number of hydrogen-bond acceptors (Lipinski definition) is 4. The van der Waals surface area contributed by atoms with Crippen LogP contribution in [0.3, 0.4) is 0 Å². The molecule has 1 amide bonds. The van der Waals surface area contributed by atoms with Crippen molar-refractivity contribution in [3.05, 3.63) is 57.2 Å². The summed E-state index contributed by atoms with van der Waals surface area (Å²) in [7, 11) is 0. The molecule has 0 aliphatic rings. The Bertz CT molecular complexity index is 783. The summed E-state index contributed by atoms with van der Waals surface area (Å²) >= 11 is 7.43. The highest BCUT2D eigenvalue weighted by atomic mass is 127. The van der Waals surface area contributed by atoms with Crippen molar-refractivity contribution in [2.24, 2.45) is 0 Å². The molecule has 0 aromatic heterocycles. The van der Waals surface area contributed by atoms with E-state index in [1.807, 2.05) is 50.2 Å². The van der Waals surface area contributed by atoms with Crippen molar-refractivity contribution in [2.45, 2.75) is 13.8 Å². The number of carbonyl (C=O) groups excluding carboxylic acids is 1. The van der Waals surface area contributed by atoms with Crippen LogP contribution < -0.4 is 15.4 Å². The molecule has 0 radical (unpaired) electrons. The van der Waals surface area contributed by atoms with Gasteiger partial charge in [-0.2, -0.15) is 0 Å². The van der Waals surface area contributed by atoms with Crippen LogP contribution in [0.2, 0.25) is 0 Å². The van der Waals surface area contributed by atoms with Crippen LogP contribution in [0, 0.1) is 10.5 Å². The molecule has 2 rings (SSSR count). The van der Waals surface area contributed by atoms with Crippen molar-refractivity contribution in [3.8, 4) is 5.75 Å². The fourth-order valence-electron chi connectivity index (χ4n) is 2.10. The van der Waals surface area contributed by atoms with Crippen molar-refractivity contribution in [2.75, 3.05) is 25.1 Å². The van der Waals surface area contributed by atoms with Crippen LogP contribution in [-0.2, 0) is 4.74 Å². The van der Waals surface area contributed by atoms with E-state index in [-0.39, 0.29) is 11.0 Å². The second-order valence-electron chi connectivity index (χ2n) is 5.45. The van der Waals surface area contributed by atoms with Gasteiger partial charge in [-0.1, -0.05) is 12.1 Å². The molecular weight excluding hydrogens is 463 g/mol. The summed E-state index contributed by atoms with van der Waals surface area (Å²) in [5, 5.41) is 5.92. The van der Waals surface area contributed by atoms with E-state index in [1.165, 1.54) is 0 Å². The number of amides is 1. The van der Waals surface area contributed by atoms with Gasteiger partial charge in [0.2, 0.25) is 0 Å². The van der Waals surface area contributed by atoms with E-state index in [1.54, 1.807) is 6.07 Å². The lowest BCUT2D eigenvalue weighted by Crippen LogP contribution is -2.34. The zero-order chi connectivity index (χ0) is 18.9.